The van der Waals surface area contributed by atoms with Gasteiger partial charge in [0.15, 0.2) is 0 Å². The third kappa shape index (κ3) is 3.81. The monoisotopic (exact) mass is 227 g/mol. The van der Waals surface area contributed by atoms with Gasteiger partial charge in [-0.3, -0.25) is 9.59 Å². The average molecular weight is 227 g/mol. The zero-order chi connectivity index (χ0) is 12.0. The van der Waals surface area contributed by atoms with E-state index in [2.05, 4.69) is 10.6 Å². The van der Waals surface area contributed by atoms with Crippen LogP contribution in [0.25, 0.3) is 0 Å². The molecule has 0 radical (unpaired) electrons. The molecule has 2 amide bonds. The zero-order valence-corrected chi connectivity index (χ0v) is 10.1. The Kier molecular flexibility index (Phi) is 5.25. The van der Waals surface area contributed by atoms with Gasteiger partial charge in [0.1, 0.15) is 0 Å². The number of nitrogens with zero attached hydrogens (tertiary/aromatic N) is 1. The lowest BCUT2D eigenvalue weighted by molar-refractivity contribution is -0.136. The fourth-order valence-electron chi connectivity index (χ4n) is 1.86. The smallest absolute Gasteiger partial charge is 0.227 e. The second-order valence-corrected chi connectivity index (χ2v) is 4.26. The van der Waals surface area contributed by atoms with Crippen molar-refractivity contribution in [3.8, 4) is 0 Å². The van der Waals surface area contributed by atoms with Crippen LogP contribution in [0.4, 0.5) is 0 Å². The molecule has 1 heterocycles. The van der Waals surface area contributed by atoms with Gasteiger partial charge in [0.25, 0.3) is 0 Å². The minimum absolute atomic E-state index is 0.0303. The molecule has 1 fully saturated rings. The van der Waals surface area contributed by atoms with Gasteiger partial charge in [-0.05, 0) is 26.4 Å². The summed E-state index contributed by atoms with van der Waals surface area (Å²) in [5.41, 5.74) is 0. The number of carbonyl (C=O) groups excluding carboxylic acids is 2. The Morgan fingerprint density at radius 1 is 1.62 bits per heavy atom. The first kappa shape index (κ1) is 13.0. The molecule has 1 atom stereocenters. The molecule has 0 bridgehead atoms. The summed E-state index contributed by atoms with van der Waals surface area (Å²) in [5.74, 6) is 0.176. The third-order valence-corrected chi connectivity index (χ3v) is 2.91. The van der Waals surface area contributed by atoms with E-state index in [1.165, 1.54) is 0 Å². The molecule has 1 aliphatic heterocycles. The Labute approximate surface area is 96.6 Å². The van der Waals surface area contributed by atoms with Crippen molar-refractivity contribution in [2.24, 2.45) is 5.92 Å². The molecule has 0 saturated carbocycles. The van der Waals surface area contributed by atoms with E-state index in [1.54, 1.807) is 4.90 Å². The third-order valence-electron chi connectivity index (χ3n) is 2.91. The second kappa shape index (κ2) is 6.48. The number of amides is 2. The van der Waals surface area contributed by atoms with Crippen LogP contribution < -0.4 is 10.6 Å². The molecule has 92 valence electrons. The highest BCUT2D eigenvalue weighted by atomic mass is 16.2. The topological polar surface area (TPSA) is 61.4 Å². The van der Waals surface area contributed by atoms with E-state index in [1.807, 2.05) is 14.1 Å². The summed E-state index contributed by atoms with van der Waals surface area (Å²) < 4.78 is 0. The van der Waals surface area contributed by atoms with Gasteiger partial charge < -0.3 is 15.5 Å². The number of piperidine rings is 1. The van der Waals surface area contributed by atoms with E-state index in [0.29, 0.717) is 19.4 Å². The fraction of sp³-hybridized carbons (Fsp3) is 0.818. The van der Waals surface area contributed by atoms with Crippen molar-refractivity contribution < 1.29 is 9.59 Å². The molecular formula is C11H21N3O2. The van der Waals surface area contributed by atoms with Crippen LogP contribution >= 0.6 is 0 Å². The molecule has 1 saturated heterocycles. The van der Waals surface area contributed by atoms with E-state index in [9.17, 15) is 9.59 Å². The van der Waals surface area contributed by atoms with E-state index < -0.39 is 0 Å². The van der Waals surface area contributed by atoms with Crippen molar-refractivity contribution in [3.05, 3.63) is 0 Å². The number of hydrogen-bond donors (Lipinski definition) is 2. The van der Waals surface area contributed by atoms with Gasteiger partial charge in [-0.1, -0.05) is 0 Å². The molecule has 5 nitrogen and oxygen atoms in total. The summed E-state index contributed by atoms with van der Waals surface area (Å²) in [5, 5.41) is 5.79. The Morgan fingerprint density at radius 3 is 2.94 bits per heavy atom. The van der Waals surface area contributed by atoms with Gasteiger partial charge >= 0.3 is 0 Å². The molecule has 0 aromatic heterocycles. The number of nitrogens with one attached hydrogen (secondary N) is 2. The molecule has 0 aliphatic carbocycles. The standard InChI is InChI=1S/C11H21N3O2/c1-12-6-3-7-14(2)11(16)9-4-5-10(15)13-8-9/h9,12H,3-8H2,1-2H3,(H,13,15). The maximum absolute atomic E-state index is 12.0. The molecule has 5 heteroatoms. The normalized spacial score (nSPS) is 20.4. The molecular weight excluding hydrogens is 206 g/mol. The molecule has 1 unspecified atom stereocenters. The van der Waals surface area contributed by atoms with Crippen molar-refractivity contribution in [2.75, 3.05) is 33.7 Å². The largest absolute Gasteiger partial charge is 0.355 e. The van der Waals surface area contributed by atoms with E-state index >= 15 is 0 Å². The molecule has 0 aromatic rings. The van der Waals surface area contributed by atoms with Gasteiger partial charge in [0.05, 0.1) is 5.92 Å². The first-order chi connectivity index (χ1) is 7.65. The molecule has 0 aromatic carbocycles. The van der Waals surface area contributed by atoms with Crippen molar-refractivity contribution in [3.63, 3.8) is 0 Å². The van der Waals surface area contributed by atoms with Crippen LogP contribution in [0.5, 0.6) is 0 Å². The van der Waals surface area contributed by atoms with Crippen molar-refractivity contribution in [1.29, 1.82) is 0 Å². The van der Waals surface area contributed by atoms with Gasteiger partial charge in [-0.25, -0.2) is 0 Å². The first-order valence-corrected chi connectivity index (χ1v) is 5.81. The Hall–Kier alpha value is -1.10. The van der Waals surface area contributed by atoms with Crippen LogP contribution in [0.3, 0.4) is 0 Å². The highest BCUT2D eigenvalue weighted by Gasteiger charge is 2.26. The number of hydrogen-bond acceptors (Lipinski definition) is 3. The Balaban J connectivity index is 2.29. The van der Waals surface area contributed by atoms with E-state index in [-0.39, 0.29) is 17.7 Å². The van der Waals surface area contributed by atoms with Crippen molar-refractivity contribution >= 4 is 11.8 Å². The molecule has 1 rings (SSSR count). The summed E-state index contributed by atoms with van der Waals surface area (Å²) in [6.07, 6.45) is 2.11. The van der Waals surface area contributed by atoms with Crippen molar-refractivity contribution in [1.82, 2.24) is 15.5 Å². The summed E-state index contributed by atoms with van der Waals surface area (Å²) in [4.78, 5) is 24.7. The summed E-state index contributed by atoms with van der Waals surface area (Å²) >= 11 is 0. The number of carbonyl (C=O) groups is 2. The first-order valence-electron chi connectivity index (χ1n) is 5.81. The van der Waals surface area contributed by atoms with Crippen LogP contribution in [0.1, 0.15) is 19.3 Å². The fourth-order valence-corrected chi connectivity index (χ4v) is 1.86. The quantitative estimate of drug-likeness (QED) is 0.627. The molecule has 16 heavy (non-hydrogen) atoms. The lowest BCUT2D eigenvalue weighted by Crippen LogP contribution is -2.44. The van der Waals surface area contributed by atoms with Crippen LogP contribution in [0.2, 0.25) is 0 Å². The lowest BCUT2D eigenvalue weighted by Gasteiger charge is -2.26. The second-order valence-electron chi connectivity index (χ2n) is 4.26. The van der Waals surface area contributed by atoms with Crippen LogP contribution in [-0.2, 0) is 9.59 Å². The maximum atomic E-state index is 12.0. The highest BCUT2D eigenvalue weighted by Crippen LogP contribution is 2.13. The minimum Gasteiger partial charge on any atom is -0.355 e. The number of rotatable bonds is 5. The predicted molar refractivity (Wildman–Crippen MR) is 61.9 cm³/mol. The van der Waals surface area contributed by atoms with Gasteiger partial charge in [0.2, 0.25) is 11.8 Å². The summed E-state index contributed by atoms with van der Waals surface area (Å²) in [6.45, 7) is 2.18. The van der Waals surface area contributed by atoms with E-state index in [4.69, 9.17) is 0 Å². The Morgan fingerprint density at radius 2 is 2.38 bits per heavy atom. The minimum atomic E-state index is -0.0303. The van der Waals surface area contributed by atoms with E-state index in [0.717, 1.165) is 19.5 Å². The molecule has 1 aliphatic rings. The Bertz CT molecular complexity index is 246. The van der Waals surface area contributed by atoms with Gasteiger partial charge in [-0.2, -0.15) is 0 Å². The molecule has 2 N–H and O–H groups in total. The molecule has 0 spiro atoms. The SMILES string of the molecule is CNCCCN(C)C(=O)C1CCC(=O)NC1. The van der Waals surface area contributed by atoms with Crippen LogP contribution in [0.15, 0.2) is 0 Å². The predicted octanol–water partition coefficient (Wildman–Crippen LogP) is -0.419. The lowest BCUT2D eigenvalue weighted by atomic mass is 9.98. The summed E-state index contributed by atoms with van der Waals surface area (Å²) in [7, 11) is 3.73. The van der Waals surface area contributed by atoms with Gasteiger partial charge in [0, 0.05) is 26.6 Å². The maximum Gasteiger partial charge on any atom is 0.227 e. The van der Waals surface area contributed by atoms with Crippen molar-refractivity contribution in [2.45, 2.75) is 19.3 Å². The average Bonchev–Trinajstić information content (AvgIpc) is 2.29. The highest BCUT2D eigenvalue weighted by molar-refractivity contribution is 5.83. The zero-order valence-electron chi connectivity index (χ0n) is 10.1. The van der Waals surface area contributed by atoms with Crippen LogP contribution in [0, 0.1) is 5.92 Å². The van der Waals surface area contributed by atoms with Gasteiger partial charge in [-0.15, -0.1) is 0 Å². The van der Waals surface area contributed by atoms with Crippen LogP contribution in [-0.4, -0.2) is 50.4 Å². The summed E-state index contributed by atoms with van der Waals surface area (Å²) in [6, 6.07) is 0.